The average Bonchev–Trinajstić information content (AvgIpc) is 3.81. The number of furan rings is 1. The molecule has 0 spiro atoms. The Labute approximate surface area is 344 Å². The maximum absolute atomic E-state index is 10.00. The summed E-state index contributed by atoms with van der Waals surface area (Å²) >= 11 is 0. The number of hydrogen-bond acceptors (Lipinski definition) is 1. The van der Waals surface area contributed by atoms with Crippen molar-refractivity contribution in [3.63, 3.8) is 0 Å². The monoisotopic (exact) mass is 715 g/mol. The summed E-state index contributed by atoms with van der Waals surface area (Å²) in [5.74, 6) is 0. The van der Waals surface area contributed by atoms with Crippen molar-refractivity contribution in [2.24, 2.45) is 0 Å². The quantitative estimate of drug-likeness (QED) is 0.131. The van der Waals surface area contributed by atoms with E-state index in [0.717, 1.165) is 21.9 Å². The van der Waals surface area contributed by atoms with Gasteiger partial charge in [0, 0.05) is 16.2 Å². The largest absolute Gasteiger partial charge is 0.455 e. The molecule has 12 aromatic rings. The molecule has 1 heterocycles. The van der Waals surface area contributed by atoms with Crippen LogP contribution in [0.25, 0.3) is 120 Å². The predicted molar refractivity (Wildman–Crippen MR) is 235 cm³/mol. The molecule has 11 aromatic carbocycles. The van der Waals surface area contributed by atoms with Crippen LogP contribution in [0.1, 0.15) is 26.0 Å². The second kappa shape index (κ2) is 11.6. The topological polar surface area (TPSA) is 13.1 Å². The van der Waals surface area contributed by atoms with Gasteiger partial charge in [0.2, 0.25) is 0 Å². The minimum absolute atomic E-state index is 0.00851. The van der Waals surface area contributed by atoms with Crippen molar-refractivity contribution < 1.29 is 30.5 Å². The Morgan fingerprint density at radius 1 is 0.364 bits per heavy atom. The van der Waals surface area contributed by atoms with Gasteiger partial charge in [-0.25, -0.2) is 0 Å². The van der Waals surface area contributed by atoms with Gasteiger partial charge < -0.3 is 4.42 Å². The molecule has 0 aliphatic heterocycles. The van der Waals surface area contributed by atoms with Crippen LogP contribution in [-0.4, -0.2) is 0 Å². The van der Waals surface area contributed by atoms with Crippen LogP contribution >= 0.6 is 0 Å². The third-order valence-electron chi connectivity index (χ3n) is 10.4. The van der Waals surface area contributed by atoms with Crippen molar-refractivity contribution in [3.05, 3.63) is 194 Å². The highest BCUT2D eigenvalue weighted by Crippen LogP contribution is 2.48. The van der Waals surface area contributed by atoms with Crippen LogP contribution in [-0.2, 0) is 0 Å². The highest BCUT2D eigenvalue weighted by atomic mass is 16.3. The fourth-order valence-corrected chi connectivity index (χ4v) is 8.08. The van der Waals surface area contributed by atoms with Crippen LogP contribution in [0.15, 0.2) is 198 Å². The van der Waals surface area contributed by atoms with E-state index in [0.29, 0.717) is 16.3 Å². The van der Waals surface area contributed by atoms with Crippen molar-refractivity contribution in [1.29, 1.82) is 0 Å². The van der Waals surface area contributed by atoms with E-state index in [1.807, 2.05) is 60.7 Å². The zero-order chi connectivity index (χ0) is 52.6. The van der Waals surface area contributed by atoms with Gasteiger partial charge in [0.1, 0.15) is 11.2 Å². The molecule has 1 nitrogen and oxygen atoms in total. The van der Waals surface area contributed by atoms with Crippen LogP contribution in [0.3, 0.4) is 0 Å². The molecule has 0 unspecified atom stereocenters. The van der Waals surface area contributed by atoms with E-state index in [4.69, 9.17) is 20.9 Å². The second-order valence-corrected chi connectivity index (χ2v) is 13.3. The summed E-state index contributed by atoms with van der Waals surface area (Å²) in [5, 5.41) is 0.233. The van der Waals surface area contributed by atoms with Crippen molar-refractivity contribution in [1.82, 2.24) is 0 Å². The standard InChI is InChI=1S/C54H32O/c1-2-14-34-31-35(26-25-33(34)13-1)37-29-30-47(39-16-4-3-15-38(37)39)52-45-22-10-8-20-43(45)51(44-21-9-11-23-46(44)52)36-27-28-49-50(32-36)55-54-48-24-12-6-18-41(48)40-17-5-7-19-42(40)53(49)54/h1-32H/i5D,6D,7D,8D,9D,10D,11D,12D,17D,18D,19D,20D,21D,22D,23D,24D,27D,28D,32D. The molecule has 12 rings (SSSR count). The zero-order valence-electron chi connectivity index (χ0n) is 47.4. The van der Waals surface area contributed by atoms with Gasteiger partial charge in [-0.1, -0.05) is 176 Å². The van der Waals surface area contributed by atoms with Gasteiger partial charge in [-0.2, -0.15) is 0 Å². The molecule has 0 bridgehead atoms. The molecule has 0 aliphatic carbocycles. The van der Waals surface area contributed by atoms with Crippen LogP contribution in [0.5, 0.6) is 0 Å². The van der Waals surface area contributed by atoms with Crippen molar-refractivity contribution in [2.45, 2.75) is 0 Å². The first-order chi connectivity index (χ1) is 35.2. The van der Waals surface area contributed by atoms with Gasteiger partial charge in [0.05, 0.1) is 26.0 Å². The summed E-state index contributed by atoms with van der Waals surface area (Å²) in [4.78, 5) is 0. The molecule has 254 valence electrons. The molecule has 55 heavy (non-hydrogen) atoms. The highest BCUT2D eigenvalue weighted by molar-refractivity contribution is 6.31. The van der Waals surface area contributed by atoms with Crippen LogP contribution < -0.4 is 0 Å². The predicted octanol–water partition coefficient (Wildman–Crippen LogP) is 15.5. The number of rotatable bonds is 3. The average molecular weight is 716 g/mol. The lowest BCUT2D eigenvalue weighted by atomic mass is 9.83. The normalized spacial score (nSPS) is 16.8. The molecule has 0 N–H and O–H groups in total. The molecule has 0 amide bonds. The van der Waals surface area contributed by atoms with Crippen LogP contribution in [0.2, 0.25) is 0 Å². The van der Waals surface area contributed by atoms with E-state index in [1.165, 1.54) is 0 Å². The van der Waals surface area contributed by atoms with E-state index < -0.39 is 137 Å². The second-order valence-electron chi connectivity index (χ2n) is 13.3. The maximum atomic E-state index is 10.00. The number of benzene rings is 11. The summed E-state index contributed by atoms with van der Waals surface area (Å²) in [5.41, 5.74) is 0.120. The molecular weight excluding hydrogens is 665 g/mol. The number of hydrogen-bond donors (Lipinski definition) is 0. The van der Waals surface area contributed by atoms with Gasteiger partial charge in [-0.15, -0.1) is 0 Å². The number of fused-ring (bicyclic) bond motifs is 12. The van der Waals surface area contributed by atoms with Crippen LogP contribution in [0, 0.1) is 0 Å². The fourth-order valence-electron chi connectivity index (χ4n) is 8.08. The molecule has 0 fully saturated rings. The maximum Gasteiger partial charge on any atom is 0.143 e. The van der Waals surface area contributed by atoms with Crippen LogP contribution in [0.4, 0.5) is 0 Å². The van der Waals surface area contributed by atoms with Crippen molar-refractivity contribution >= 4 is 86.6 Å². The van der Waals surface area contributed by atoms with E-state index >= 15 is 0 Å². The minimum atomic E-state index is -0.797. The molecule has 0 aliphatic rings. The Morgan fingerprint density at radius 2 is 0.909 bits per heavy atom. The van der Waals surface area contributed by atoms with Crippen molar-refractivity contribution in [3.8, 4) is 33.4 Å². The first-order valence-electron chi connectivity index (χ1n) is 27.0. The van der Waals surface area contributed by atoms with E-state index in [2.05, 4.69) is 0 Å². The van der Waals surface area contributed by atoms with Crippen molar-refractivity contribution in [2.75, 3.05) is 0 Å². The minimum Gasteiger partial charge on any atom is -0.455 e. The smallest absolute Gasteiger partial charge is 0.143 e. The van der Waals surface area contributed by atoms with Gasteiger partial charge >= 0.3 is 0 Å². The van der Waals surface area contributed by atoms with Gasteiger partial charge in [0.25, 0.3) is 0 Å². The van der Waals surface area contributed by atoms with Gasteiger partial charge in [0.15, 0.2) is 0 Å². The first kappa shape index (κ1) is 17.3. The Balaban J connectivity index is 1.29. The summed E-state index contributed by atoms with van der Waals surface area (Å²) in [7, 11) is 0. The lowest BCUT2D eigenvalue weighted by Gasteiger charge is -2.19. The Kier molecular flexibility index (Phi) is 3.66. The Bertz CT molecular complexity index is 4580. The Hall–Kier alpha value is -7.22. The molecule has 0 radical (unpaired) electrons. The lowest BCUT2D eigenvalue weighted by Crippen LogP contribution is -1.92. The van der Waals surface area contributed by atoms with E-state index in [1.54, 1.807) is 18.2 Å². The first-order valence-corrected chi connectivity index (χ1v) is 17.5. The molecular formula is C54H32O. The molecule has 1 aromatic heterocycles. The van der Waals surface area contributed by atoms with Gasteiger partial charge in [-0.3, -0.25) is 0 Å². The fraction of sp³-hybridized carbons (Fsp3) is 0. The molecule has 0 atom stereocenters. The summed E-state index contributed by atoms with van der Waals surface area (Å²) in [6, 6.07) is 11.5. The molecule has 1 heteroatoms. The van der Waals surface area contributed by atoms with Gasteiger partial charge in [-0.05, 0) is 111 Å². The third-order valence-corrected chi connectivity index (χ3v) is 10.4. The van der Waals surface area contributed by atoms with E-state index in [-0.39, 0.29) is 59.4 Å². The molecule has 0 saturated carbocycles. The SMILES string of the molecule is [2H]c1c([2H])c([2H])c2c(-c3ccc(-c4ccc5ccccc5c4)c4ccccc34)c3c([2H])c([2H])c([2H])c([2H])c3c(-c3c([2H])c([2H])c4c(oc5c6c([2H])c([2H])c([2H])c([2H])c6c6c([2H])c([2H])c([2H])c([2H])c6c54)c3[2H])c2c1[2H]. The lowest BCUT2D eigenvalue weighted by molar-refractivity contribution is 0.673. The zero-order valence-corrected chi connectivity index (χ0v) is 28.4. The highest BCUT2D eigenvalue weighted by Gasteiger charge is 2.21. The molecule has 0 saturated heterocycles. The third kappa shape index (κ3) is 4.41. The summed E-state index contributed by atoms with van der Waals surface area (Å²) in [6.07, 6.45) is 0. The Morgan fingerprint density at radius 3 is 1.62 bits per heavy atom. The van der Waals surface area contributed by atoms with E-state index in [9.17, 15) is 9.60 Å². The summed E-state index contributed by atoms with van der Waals surface area (Å²) in [6.45, 7) is 0. The summed E-state index contributed by atoms with van der Waals surface area (Å²) < 4.78 is 181.